The highest BCUT2D eigenvalue weighted by Crippen LogP contribution is 2.40. The molecule has 0 aliphatic carbocycles. The van der Waals surface area contributed by atoms with Crippen molar-refractivity contribution in [3.63, 3.8) is 0 Å². The van der Waals surface area contributed by atoms with Gasteiger partial charge in [-0.3, -0.25) is 0 Å². The van der Waals surface area contributed by atoms with Gasteiger partial charge in [-0.25, -0.2) is 0 Å². The molecule has 0 saturated carbocycles. The van der Waals surface area contributed by atoms with Crippen LogP contribution in [0.2, 0.25) is 5.02 Å². The van der Waals surface area contributed by atoms with Gasteiger partial charge >= 0.3 is 0 Å². The molecule has 13 heavy (non-hydrogen) atoms. The monoisotopic (exact) mass is 257 g/mol. The van der Waals surface area contributed by atoms with Gasteiger partial charge in [0.1, 0.15) is 11.8 Å². The van der Waals surface area contributed by atoms with E-state index < -0.39 is 0 Å². The second kappa shape index (κ2) is 3.21. The van der Waals surface area contributed by atoms with E-state index in [1.54, 1.807) is 6.07 Å². The van der Waals surface area contributed by atoms with Crippen LogP contribution in [0.25, 0.3) is 0 Å². The normalized spacial score (nSPS) is 13.3. The highest BCUT2D eigenvalue weighted by Gasteiger charge is 2.21. The molecule has 1 aliphatic heterocycles. The fourth-order valence-corrected chi connectivity index (χ4v) is 2.24. The molecule has 0 N–H and O–H groups in total. The Morgan fingerprint density at radius 3 is 3.08 bits per heavy atom. The molecule has 0 amide bonds. The minimum atomic E-state index is 0.498. The van der Waals surface area contributed by atoms with Crippen molar-refractivity contribution in [2.24, 2.45) is 0 Å². The predicted molar refractivity (Wildman–Crippen MR) is 53.1 cm³/mol. The number of nitriles is 1. The molecule has 4 heteroatoms. The fourth-order valence-electron chi connectivity index (χ4n) is 1.38. The molecule has 2 nitrogen and oxygen atoms in total. The minimum absolute atomic E-state index is 0.498. The van der Waals surface area contributed by atoms with Crippen LogP contribution in [0.15, 0.2) is 10.5 Å². The quantitative estimate of drug-likeness (QED) is 0.717. The zero-order chi connectivity index (χ0) is 9.42. The summed E-state index contributed by atoms with van der Waals surface area (Å²) in [4.78, 5) is 0. The van der Waals surface area contributed by atoms with Crippen LogP contribution in [0.4, 0.5) is 0 Å². The van der Waals surface area contributed by atoms with Crippen molar-refractivity contribution in [2.45, 2.75) is 6.42 Å². The first-order valence-electron chi connectivity index (χ1n) is 3.78. The molecule has 0 saturated heterocycles. The number of rotatable bonds is 0. The van der Waals surface area contributed by atoms with E-state index in [0.29, 0.717) is 17.2 Å². The van der Waals surface area contributed by atoms with Gasteiger partial charge in [-0.1, -0.05) is 11.6 Å². The highest BCUT2D eigenvalue weighted by molar-refractivity contribution is 9.10. The Hall–Kier alpha value is -0.720. The Labute approximate surface area is 89.2 Å². The van der Waals surface area contributed by atoms with Crippen LogP contribution in [-0.4, -0.2) is 6.61 Å². The van der Waals surface area contributed by atoms with E-state index in [0.717, 1.165) is 22.2 Å². The Kier molecular flexibility index (Phi) is 2.19. The second-order valence-electron chi connectivity index (χ2n) is 2.74. The Morgan fingerprint density at radius 2 is 2.38 bits per heavy atom. The maximum absolute atomic E-state index is 8.78. The van der Waals surface area contributed by atoms with Gasteiger partial charge < -0.3 is 4.74 Å². The SMILES string of the molecule is N#Cc1cc(Br)c2c(c1Cl)CCO2. The standard InChI is InChI=1S/C9H5BrClNO/c10-7-3-5(4-12)8(11)6-1-2-13-9(6)7/h3H,1-2H2. The molecule has 0 atom stereocenters. The number of hydrogen-bond donors (Lipinski definition) is 0. The van der Waals surface area contributed by atoms with Gasteiger partial charge in [0.2, 0.25) is 0 Å². The van der Waals surface area contributed by atoms with Crippen LogP contribution in [0.3, 0.4) is 0 Å². The lowest BCUT2D eigenvalue weighted by Gasteiger charge is -2.04. The third-order valence-electron chi connectivity index (χ3n) is 1.98. The molecular formula is C9H5BrClNO. The lowest BCUT2D eigenvalue weighted by Crippen LogP contribution is -1.86. The van der Waals surface area contributed by atoms with Crippen molar-refractivity contribution >= 4 is 27.5 Å². The summed E-state index contributed by atoms with van der Waals surface area (Å²) in [5, 5.41) is 9.30. The molecule has 1 heterocycles. The first-order valence-corrected chi connectivity index (χ1v) is 4.95. The third-order valence-corrected chi connectivity index (χ3v) is 3.00. The van der Waals surface area contributed by atoms with Crippen molar-refractivity contribution in [2.75, 3.05) is 6.61 Å². The molecule has 0 spiro atoms. The van der Waals surface area contributed by atoms with Gasteiger partial charge in [0.05, 0.1) is 21.7 Å². The lowest BCUT2D eigenvalue weighted by molar-refractivity contribution is 0.355. The van der Waals surface area contributed by atoms with Crippen LogP contribution >= 0.6 is 27.5 Å². The summed E-state index contributed by atoms with van der Waals surface area (Å²) in [5.74, 6) is 0.781. The molecular weight excluding hydrogens is 253 g/mol. The van der Waals surface area contributed by atoms with E-state index in [4.69, 9.17) is 21.6 Å². The van der Waals surface area contributed by atoms with Crippen molar-refractivity contribution < 1.29 is 4.74 Å². The van der Waals surface area contributed by atoms with E-state index in [1.165, 1.54) is 0 Å². The van der Waals surface area contributed by atoms with Gasteiger partial charge in [-0.15, -0.1) is 0 Å². The van der Waals surface area contributed by atoms with E-state index in [2.05, 4.69) is 15.9 Å². The molecule has 0 fully saturated rings. The summed E-state index contributed by atoms with van der Waals surface area (Å²) >= 11 is 9.34. The smallest absolute Gasteiger partial charge is 0.138 e. The topological polar surface area (TPSA) is 33.0 Å². The maximum atomic E-state index is 8.78. The van der Waals surface area contributed by atoms with Crippen LogP contribution < -0.4 is 4.74 Å². The zero-order valence-corrected chi connectivity index (χ0v) is 8.94. The predicted octanol–water partition coefficient (Wildman–Crippen LogP) is 2.91. The fraction of sp³-hybridized carbons (Fsp3) is 0.222. The highest BCUT2D eigenvalue weighted by atomic mass is 79.9. The molecule has 0 bridgehead atoms. The average molecular weight is 259 g/mol. The Bertz CT molecular complexity index is 411. The molecule has 2 rings (SSSR count). The molecule has 0 aromatic heterocycles. The Morgan fingerprint density at radius 1 is 1.62 bits per heavy atom. The number of halogens is 2. The maximum Gasteiger partial charge on any atom is 0.138 e. The first-order chi connectivity index (χ1) is 6.24. The number of hydrogen-bond acceptors (Lipinski definition) is 2. The van der Waals surface area contributed by atoms with Crippen molar-refractivity contribution in [3.05, 3.63) is 26.7 Å². The van der Waals surface area contributed by atoms with E-state index in [-0.39, 0.29) is 0 Å². The Balaban J connectivity index is 2.71. The average Bonchev–Trinajstić information content (AvgIpc) is 2.60. The van der Waals surface area contributed by atoms with Crippen molar-refractivity contribution in [3.8, 4) is 11.8 Å². The van der Waals surface area contributed by atoms with E-state index >= 15 is 0 Å². The number of benzene rings is 1. The summed E-state index contributed by atoms with van der Waals surface area (Å²) in [6.45, 7) is 0.641. The minimum Gasteiger partial charge on any atom is -0.492 e. The molecule has 1 aromatic rings. The van der Waals surface area contributed by atoms with Gasteiger partial charge in [0.25, 0.3) is 0 Å². The van der Waals surface area contributed by atoms with Crippen LogP contribution in [-0.2, 0) is 6.42 Å². The van der Waals surface area contributed by atoms with Crippen molar-refractivity contribution in [1.82, 2.24) is 0 Å². The van der Waals surface area contributed by atoms with Crippen LogP contribution in [0.5, 0.6) is 5.75 Å². The summed E-state index contributed by atoms with van der Waals surface area (Å²) in [5.41, 5.74) is 1.44. The lowest BCUT2D eigenvalue weighted by atomic mass is 10.1. The van der Waals surface area contributed by atoms with Crippen LogP contribution in [0, 0.1) is 11.3 Å². The second-order valence-corrected chi connectivity index (χ2v) is 3.97. The summed E-state index contributed by atoms with van der Waals surface area (Å²) in [7, 11) is 0. The molecule has 1 aromatic carbocycles. The first kappa shape index (κ1) is 8.86. The van der Waals surface area contributed by atoms with E-state index in [1.807, 2.05) is 6.07 Å². The van der Waals surface area contributed by atoms with Gasteiger partial charge in [-0.2, -0.15) is 5.26 Å². The largest absolute Gasteiger partial charge is 0.492 e. The molecule has 1 aliphatic rings. The third kappa shape index (κ3) is 1.31. The summed E-state index contributed by atoms with van der Waals surface area (Å²) in [6, 6.07) is 3.74. The number of fused-ring (bicyclic) bond motifs is 1. The number of ether oxygens (including phenoxy) is 1. The van der Waals surface area contributed by atoms with Crippen molar-refractivity contribution in [1.29, 1.82) is 5.26 Å². The van der Waals surface area contributed by atoms with Gasteiger partial charge in [-0.05, 0) is 22.0 Å². The zero-order valence-electron chi connectivity index (χ0n) is 6.60. The van der Waals surface area contributed by atoms with Gasteiger partial charge in [0.15, 0.2) is 0 Å². The number of nitrogens with zero attached hydrogens (tertiary/aromatic N) is 1. The summed E-state index contributed by atoms with van der Waals surface area (Å²) in [6.07, 6.45) is 0.780. The molecule has 0 unspecified atom stereocenters. The summed E-state index contributed by atoms with van der Waals surface area (Å²) < 4.78 is 6.18. The van der Waals surface area contributed by atoms with Gasteiger partial charge in [0, 0.05) is 12.0 Å². The molecule has 0 radical (unpaired) electrons. The van der Waals surface area contributed by atoms with E-state index in [9.17, 15) is 0 Å². The molecule has 66 valence electrons. The van der Waals surface area contributed by atoms with Crippen LogP contribution in [0.1, 0.15) is 11.1 Å².